The largest absolute Gasteiger partial charge is 0.160 e. The van der Waals surface area contributed by atoms with Crippen molar-refractivity contribution < 1.29 is 2.10 Å². The summed E-state index contributed by atoms with van der Waals surface area (Å²) in [6, 6.07) is 0. The maximum atomic E-state index is 2.14. The molecule has 0 aromatic heterocycles. The Morgan fingerprint density at radius 3 is 1.13 bits per heavy atom. The van der Waals surface area contributed by atoms with Crippen molar-refractivity contribution in [2.24, 2.45) is 0 Å². The lowest BCUT2D eigenvalue weighted by molar-refractivity contribution is -0.273. The van der Waals surface area contributed by atoms with Crippen molar-refractivity contribution >= 4 is 71.3 Å². The Labute approximate surface area is 119 Å². The first-order chi connectivity index (χ1) is 7.41. The van der Waals surface area contributed by atoms with E-state index in [2.05, 4.69) is 71.3 Å². The smallest absolute Gasteiger partial charge is 0.114 e. The van der Waals surface area contributed by atoms with Crippen LogP contribution in [0.15, 0.2) is 0 Å². The van der Waals surface area contributed by atoms with Gasteiger partial charge in [0.2, 0.25) is 0 Å². The summed E-state index contributed by atoms with van der Waals surface area (Å²) in [6.45, 7) is 0. The predicted octanol–water partition coefficient (Wildman–Crippen LogP) is 3.89. The third-order valence-corrected chi connectivity index (χ3v) is 11.5. The fourth-order valence-corrected chi connectivity index (χ4v) is 10.1. The minimum atomic E-state index is 1.14. The van der Waals surface area contributed by atoms with Gasteiger partial charge in [-0.05, 0) is 0 Å². The monoisotopic (exact) mass is 318 g/mol. The van der Waals surface area contributed by atoms with Gasteiger partial charge in [0.05, 0.1) is 23.0 Å². The van der Waals surface area contributed by atoms with E-state index in [-0.39, 0.29) is 0 Å². The highest BCUT2D eigenvalue weighted by Crippen LogP contribution is 2.53. The summed E-state index contributed by atoms with van der Waals surface area (Å²) in [7, 11) is 0. The molecule has 0 saturated carbocycles. The van der Waals surface area contributed by atoms with Crippen LogP contribution in [0.25, 0.3) is 0 Å². The second-order valence-electron chi connectivity index (χ2n) is 3.00. The molecule has 1 spiro atoms. The minimum absolute atomic E-state index is 1.14. The molecule has 2 aliphatic rings. The fourth-order valence-electron chi connectivity index (χ4n) is 1.26. The Bertz CT molecular complexity index is 150. The molecule has 0 N–H and O–H groups in total. The zero-order valence-corrected chi connectivity index (χ0v) is 13.5. The highest BCUT2D eigenvalue weighted by molar-refractivity contribution is 8.29. The summed E-state index contributed by atoms with van der Waals surface area (Å²) >= 11 is 12.8. The zero-order valence-electron chi connectivity index (χ0n) is 8.55. The molecule has 2 saturated heterocycles. The summed E-state index contributed by atoms with van der Waals surface area (Å²) in [5.41, 5.74) is 0. The van der Waals surface area contributed by atoms with E-state index in [1.54, 1.807) is 0 Å². The van der Waals surface area contributed by atoms with Crippen molar-refractivity contribution in [1.82, 2.24) is 0 Å². The molecule has 1 nitrogen and oxygen atoms in total. The molecule has 0 aromatic rings. The Hall–Kier alpha value is 2.06. The molecule has 2 heterocycles. The van der Waals surface area contributed by atoms with Gasteiger partial charge in [0.1, 0.15) is 47.8 Å². The predicted molar refractivity (Wildman–Crippen MR) is 84.7 cm³/mol. The van der Waals surface area contributed by atoms with Gasteiger partial charge in [0.15, 0.2) is 0 Å². The number of thioether (sulfide) groups is 2. The van der Waals surface area contributed by atoms with E-state index in [0.29, 0.717) is 0 Å². The molecule has 0 radical (unpaired) electrons. The minimum Gasteiger partial charge on any atom is -0.160 e. The Kier molecular flexibility index (Phi) is 6.73. The van der Waals surface area contributed by atoms with Crippen molar-refractivity contribution in [2.45, 2.75) is 0 Å². The van der Waals surface area contributed by atoms with E-state index in [1.807, 2.05) is 0 Å². The van der Waals surface area contributed by atoms with Crippen LogP contribution < -0.4 is 0 Å². The molecule has 88 valence electrons. The number of quaternary nitrogens is 1. The van der Waals surface area contributed by atoms with Crippen LogP contribution in [0.1, 0.15) is 0 Å². The van der Waals surface area contributed by atoms with E-state index in [0.717, 1.165) is 2.10 Å². The van der Waals surface area contributed by atoms with Gasteiger partial charge >= 0.3 is 0 Å². The van der Waals surface area contributed by atoms with Crippen LogP contribution in [0.2, 0.25) is 0 Å². The van der Waals surface area contributed by atoms with Crippen LogP contribution in [0, 0.1) is 0 Å². The van der Waals surface area contributed by atoms with Gasteiger partial charge in [-0.1, -0.05) is 2.10 Å². The first-order valence-electron chi connectivity index (χ1n) is 5.04. The summed E-state index contributed by atoms with van der Waals surface area (Å²) < 4.78 is 1.14. The number of hydrogen-bond donors (Lipinski definition) is 0. The van der Waals surface area contributed by atoms with Crippen molar-refractivity contribution in [2.75, 3.05) is 46.0 Å². The molecule has 2 rings (SSSR count). The molecule has 0 unspecified atom stereocenters. The average Bonchev–Trinajstić information content (AvgIpc) is 2.15. The molecular weight excluding hydrogens is 302 g/mol. The third-order valence-electron chi connectivity index (χ3n) is 1.91. The van der Waals surface area contributed by atoms with Crippen LogP contribution >= 0.6 is 71.3 Å². The second-order valence-corrected chi connectivity index (χ2v) is 11.7. The highest BCUT2D eigenvalue weighted by atomic mass is 32.3. The van der Waals surface area contributed by atoms with Crippen molar-refractivity contribution in [3.8, 4) is 0 Å². The molecular formula is C8H16NS6+. The maximum Gasteiger partial charge on any atom is 0.114 e. The second kappa shape index (κ2) is 7.48. The first kappa shape index (κ1) is 13.5. The van der Waals surface area contributed by atoms with Gasteiger partial charge in [0, 0.05) is 23.0 Å². The van der Waals surface area contributed by atoms with Gasteiger partial charge in [-0.15, -0.1) is 0 Å². The van der Waals surface area contributed by atoms with E-state index >= 15 is 0 Å². The molecule has 0 amide bonds. The van der Waals surface area contributed by atoms with E-state index < -0.39 is 0 Å². The lowest BCUT2D eigenvalue weighted by Gasteiger charge is -2.30. The average molecular weight is 319 g/mol. The lowest BCUT2D eigenvalue weighted by Crippen LogP contribution is -2.24. The SMILES string of the molecule is C1CS[N+]2(SCCS1)SCCSCCS2. The van der Waals surface area contributed by atoms with Gasteiger partial charge < -0.3 is 0 Å². The van der Waals surface area contributed by atoms with Crippen LogP contribution in [0.5, 0.6) is 0 Å². The molecule has 2 aliphatic heterocycles. The maximum absolute atomic E-state index is 2.14. The lowest BCUT2D eigenvalue weighted by atomic mass is 10.9. The normalized spacial score (nSPS) is 28.8. The topological polar surface area (TPSA) is 0 Å². The Morgan fingerprint density at radius 2 is 0.800 bits per heavy atom. The van der Waals surface area contributed by atoms with Gasteiger partial charge in [-0.25, -0.2) is 0 Å². The van der Waals surface area contributed by atoms with Crippen molar-refractivity contribution in [1.29, 1.82) is 0 Å². The zero-order chi connectivity index (χ0) is 10.4. The number of nitrogens with zero attached hydrogens (tertiary/aromatic N) is 1. The summed E-state index contributed by atoms with van der Waals surface area (Å²) in [6.07, 6.45) is 0. The number of rotatable bonds is 0. The standard InChI is InChI=1S/C8H16NS6/c1-5-12-9(13-6-2-10-1)14-7-3-11-4-8-15-9/h1-8H2/q+1. The quantitative estimate of drug-likeness (QED) is 0.487. The molecule has 0 atom stereocenters. The van der Waals surface area contributed by atoms with Crippen LogP contribution in [-0.4, -0.2) is 48.1 Å². The molecule has 0 aromatic carbocycles. The molecule has 7 heteroatoms. The summed E-state index contributed by atoms with van der Waals surface area (Å²) in [4.78, 5) is 0. The van der Waals surface area contributed by atoms with Crippen LogP contribution in [0.3, 0.4) is 0 Å². The van der Waals surface area contributed by atoms with E-state index in [9.17, 15) is 0 Å². The Morgan fingerprint density at radius 1 is 0.467 bits per heavy atom. The van der Waals surface area contributed by atoms with Crippen LogP contribution in [-0.2, 0) is 0 Å². The van der Waals surface area contributed by atoms with Gasteiger partial charge in [-0.3, -0.25) is 0 Å². The summed E-state index contributed by atoms with van der Waals surface area (Å²) in [5.74, 6) is 10.6. The van der Waals surface area contributed by atoms with E-state index in [4.69, 9.17) is 0 Å². The third kappa shape index (κ3) is 4.67. The fraction of sp³-hybridized carbons (Fsp3) is 1.00. The molecule has 15 heavy (non-hydrogen) atoms. The van der Waals surface area contributed by atoms with Crippen LogP contribution in [0.4, 0.5) is 0 Å². The van der Waals surface area contributed by atoms with Crippen molar-refractivity contribution in [3.63, 3.8) is 0 Å². The first-order valence-corrected chi connectivity index (χ1v) is 11.1. The van der Waals surface area contributed by atoms with Gasteiger partial charge in [0.25, 0.3) is 0 Å². The van der Waals surface area contributed by atoms with E-state index in [1.165, 1.54) is 46.0 Å². The number of hydrogen-bond acceptors (Lipinski definition) is 6. The van der Waals surface area contributed by atoms with Crippen molar-refractivity contribution in [3.05, 3.63) is 0 Å². The molecule has 2 fully saturated rings. The molecule has 0 aliphatic carbocycles. The molecule has 0 bridgehead atoms. The summed E-state index contributed by atoms with van der Waals surface area (Å²) in [5, 5.41) is 0. The Balaban J connectivity index is 1.92. The van der Waals surface area contributed by atoms with Gasteiger partial charge in [-0.2, -0.15) is 23.5 Å². The highest BCUT2D eigenvalue weighted by Gasteiger charge is 2.37.